The fourth-order valence-corrected chi connectivity index (χ4v) is 4.84. The van der Waals surface area contributed by atoms with Crippen molar-refractivity contribution >= 4 is 29.1 Å². The van der Waals surface area contributed by atoms with Crippen LogP contribution >= 0.6 is 11.6 Å². The highest BCUT2D eigenvalue weighted by Crippen LogP contribution is 2.41. The summed E-state index contributed by atoms with van der Waals surface area (Å²) in [5.74, 6) is -2.91. The largest absolute Gasteiger partial charge is 0.356 e. The summed E-state index contributed by atoms with van der Waals surface area (Å²) in [6, 6.07) is 2.82. The van der Waals surface area contributed by atoms with E-state index in [1.165, 1.54) is 0 Å². The van der Waals surface area contributed by atoms with Gasteiger partial charge < -0.3 is 10.6 Å². The van der Waals surface area contributed by atoms with E-state index in [1.807, 2.05) is 6.92 Å². The predicted molar refractivity (Wildman–Crippen MR) is 135 cm³/mol. The molecule has 3 aromatic heterocycles. The molecular weight excluding hydrogens is 504 g/mol. The molecule has 2 aliphatic rings. The predicted octanol–water partition coefficient (Wildman–Crippen LogP) is 4.49. The van der Waals surface area contributed by atoms with E-state index in [2.05, 4.69) is 25.8 Å². The molecule has 1 saturated heterocycles. The van der Waals surface area contributed by atoms with Crippen molar-refractivity contribution in [2.45, 2.75) is 77.3 Å². The van der Waals surface area contributed by atoms with Crippen molar-refractivity contribution in [2.75, 3.05) is 6.54 Å². The monoisotopic (exact) mass is 535 g/mol. The van der Waals surface area contributed by atoms with Gasteiger partial charge in [0.1, 0.15) is 5.69 Å². The van der Waals surface area contributed by atoms with Gasteiger partial charge in [-0.2, -0.15) is 10.2 Å². The highest BCUT2D eigenvalue weighted by molar-refractivity contribution is 6.31. The first-order chi connectivity index (χ1) is 17.7. The summed E-state index contributed by atoms with van der Waals surface area (Å²) in [5.41, 5.74) is 2.19. The number of aryl methyl sites for hydroxylation is 2. The quantitative estimate of drug-likeness (QED) is 0.500. The number of nitrogens with zero attached hydrogens (tertiary/aromatic N) is 5. The van der Waals surface area contributed by atoms with Gasteiger partial charge in [0.15, 0.2) is 5.65 Å². The van der Waals surface area contributed by atoms with Crippen LogP contribution in [0.3, 0.4) is 0 Å². The molecule has 5 rings (SSSR count). The zero-order valence-corrected chi connectivity index (χ0v) is 21.8. The first-order valence-corrected chi connectivity index (χ1v) is 13.0. The van der Waals surface area contributed by atoms with Gasteiger partial charge in [-0.05, 0) is 51.5 Å². The minimum atomic E-state index is -2.66. The molecule has 2 N–H and O–H groups in total. The first kappa shape index (κ1) is 27.0. The Bertz CT molecular complexity index is 1200. The van der Waals surface area contributed by atoms with Crippen LogP contribution in [0.2, 0.25) is 5.02 Å². The van der Waals surface area contributed by atoms with E-state index in [0.29, 0.717) is 47.1 Å². The van der Waals surface area contributed by atoms with Crippen LogP contribution in [0.25, 0.3) is 5.65 Å². The summed E-state index contributed by atoms with van der Waals surface area (Å²) in [4.78, 5) is 27.9. The smallest absolute Gasteiger partial charge is 0.270 e. The number of aromatic nitrogens is 5. The third-order valence-corrected chi connectivity index (χ3v) is 7.21. The maximum atomic E-state index is 13.7. The van der Waals surface area contributed by atoms with Crippen LogP contribution < -0.4 is 10.6 Å². The number of imidazole rings is 1. The Hall–Kier alpha value is -3.08. The first-order valence-electron chi connectivity index (χ1n) is 12.7. The molecule has 1 saturated carbocycles. The van der Waals surface area contributed by atoms with E-state index >= 15 is 0 Å². The van der Waals surface area contributed by atoms with Crippen molar-refractivity contribution in [1.82, 2.24) is 35.0 Å². The van der Waals surface area contributed by atoms with Crippen LogP contribution in [0.4, 0.5) is 8.78 Å². The number of amides is 2. The van der Waals surface area contributed by atoms with E-state index in [-0.39, 0.29) is 30.6 Å². The molecular formula is C25H32ClF2N7O2. The molecule has 1 atom stereocenters. The average molecular weight is 536 g/mol. The number of hydrogen-bond acceptors (Lipinski definition) is 5. The number of nitrogens with one attached hydrogen (secondary N) is 2. The van der Waals surface area contributed by atoms with E-state index in [0.717, 1.165) is 25.8 Å². The summed E-state index contributed by atoms with van der Waals surface area (Å²) < 4.78 is 30.7. The van der Waals surface area contributed by atoms with Crippen LogP contribution in [0.5, 0.6) is 0 Å². The van der Waals surface area contributed by atoms with Gasteiger partial charge >= 0.3 is 0 Å². The highest BCUT2D eigenvalue weighted by Gasteiger charge is 2.39. The van der Waals surface area contributed by atoms with Crippen molar-refractivity contribution in [3.05, 3.63) is 46.6 Å². The van der Waals surface area contributed by atoms with E-state index in [4.69, 9.17) is 11.6 Å². The van der Waals surface area contributed by atoms with Crippen LogP contribution in [0.1, 0.15) is 79.8 Å². The lowest BCUT2D eigenvalue weighted by molar-refractivity contribution is -0.122. The van der Waals surface area contributed by atoms with E-state index in [1.54, 1.807) is 40.6 Å². The molecule has 1 aliphatic heterocycles. The lowest BCUT2D eigenvalue weighted by Gasteiger charge is -2.33. The van der Waals surface area contributed by atoms with Crippen molar-refractivity contribution in [3.63, 3.8) is 0 Å². The molecule has 12 heteroatoms. The number of piperidine rings is 1. The SMILES string of the molecule is CCn1nccc1C(=O)NC(c1cn2nc(C)c(Cl)cc2n1)C1CCC(F)(F)CC1.O=C1CCCCN1. The van der Waals surface area contributed by atoms with Crippen molar-refractivity contribution < 1.29 is 18.4 Å². The second-order valence-electron chi connectivity index (χ2n) is 9.53. The summed E-state index contributed by atoms with van der Waals surface area (Å²) in [7, 11) is 0. The molecule has 200 valence electrons. The van der Waals surface area contributed by atoms with Gasteiger partial charge in [-0.15, -0.1) is 0 Å². The van der Waals surface area contributed by atoms with Crippen molar-refractivity contribution in [3.8, 4) is 0 Å². The fraction of sp³-hybridized carbons (Fsp3) is 0.560. The molecule has 0 radical (unpaired) electrons. The van der Waals surface area contributed by atoms with Gasteiger partial charge in [0.05, 0.1) is 28.6 Å². The van der Waals surface area contributed by atoms with Crippen molar-refractivity contribution in [2.24, 2.45) is 5.92 Å². The highest BCUT2D eigenvalue weighted by atomic mass is 35.5. The Morgan fingerprint density at radius 3 is 2.70 bits per heavy atom. The second kappa shape index (κ2) is 11.5. The van der Waals surface area contributed by atoms with Gasteiger partial charge in [-0.25, -0.2) is 18.3 Å². The molecule has 4 heterocycles. The molecule has 0 bridgehead atoms. The third-order valence-electron chi connectivity index (χ3n) is 6.83. The van der Waals surface area contributed by atoms with Gasteiger partial charge in [0.2, 0.25) is 11.8 Å². The molecule has 2 amide bonds. The van der Waals surface area contributed by atoms with Crippen molar-refractivity contribution in [1.29, 1.82) is 0 Å². The Balaban J connectivity index is 0.000000396. The summed E-state index contributed by atoms with van der Waals surface area (Å²) in [5, 5.41) is 14.8. The van der Waals surface area contributed by atoms with Crippen LogP contribution in [0.15, 0.2) is 24.5 Å². The van der Waals surface area contributed by atoms with Gasteiger partial charge in [0, 0.05) is 44.6 Å². The zero-order valence-electron chi connectivity index (χ0n) is 21.0. The molecule has 0 spiro atoms. The minimum Gasteiger partial charge on any atom is -0.356 e. The molecule has 37 heavy (non-hydrogen) atoms. The Kier molecular flexibility index (Phi) is 8.41. The normalized spacial score (nSPS) is 18.6. The lowest BCUT2D eigenvalue weighted by atomic mass is 9.81. The molecule has 1 aliphatic carbocycles. The fourth-order valence-electron chi connectivity index (χ4n) is 4.71. The number of carbonyl (C=O) groups is 2. The Morgan fingerprint density at radius 1 is 1.32 bits per heavy atom. The number of alkyl halides is 2. The van der Waals surface area contributed by atoms with E-state index < -0.39 is 12.0 Å². The third kappa shape index (κ3) is 6.63. The standard InChI is InChI=1S/C20H23ClF2N6O.C5H9NO/c1-3-28-16(6-9-24-28)19(30)26-18(13-4-7-20(22,23)8-5-13)15-11-29-17(25-15)10-14(21)12(2)27-29;7-5-3-1-2-4-6-5/h6,9-11,13,18H,3-5,7-8H2,1-2H3,(H,26,30);1-4H2,(H,6,7). The molecule has 0 aromatic carbocycles. The number of hydrogen-bond donors (Lipinski definition) is 2. The van der Waals surface area contributed by atoms with E-state index in [9.17, 15) is 18.4 Å². The lowest BCUT2D eigenvalue weighted by Crippen LogP contribution is -2.38. The average Bonchev–Trinajstić information content (AvgIpc) is 3.51. The summed E-state index contributed by atoms with van der Waals surface area (Å²) in [6.07, 6.45) is 6.46. The zero-order chi connectivity index (χ0) is 26.6. The Morgan fingerprint density at radius 2 is 2.08 bits per heavy atom. The molecule has 2 fully saturated rings. The van der Waals surface area contributed by atoms with Gasteiger partial charge in [-0.1, -0.05) is 11.6 Å². The topological polar surface area (TPSA) is 106 Å². The van der Waals surface area contributed by atoms with Gasteiger partial charge in [0.25, 0.3) is 5.91 Å². The number of fused-ring (bicyclic) bond motifs is 1. The Labute approximate surface area is 219 Å². The number of halogens is 3. The molecule has 3 aromatic rings. The van der Waals surface area contributed by atoms with Crippen LogP contribution in [-0.2, 0) is 11.3 Å². The van der Waals surface area contributed by atoms with Crippen LogP contribution in [-0.4, -0.2) is 48.7 Å². The maximum absolute atomic E-state index is 13.7. The molecule has 1 unspecified atom stereocenters. The van der Waals surface area contributed by atoms with Crippen LogP contribution in [0, 0.1) is 12.8 Å². The number of carbonyl (C=O) groups excluding carboxylic acids is 2. The minimum absolute atomic E-state index is 0.159. The molecule has 9 nitrogen and oxygen atoms in total. The second-order valence-corrected chi connectivity index (χ2v) is 9.94. The van der Waals surface area contributed by atoms with Gasteiger partial charge in [-0.3, -0.25) is 14.3 Å². The number of rotatable bonds is 5. The summed E-state index contributed by atoms with van der Waals surface area (Å²) >= 11 is 6.16. The summed E-state index contributed by atoms with van der Waals surface area (Å²) in [6.45, 7) is 5.12. The maximum Gasteiger partial charge on any atom is 0.270 e.